The van der Waals surface area contributed by atoms with Crippen LogP contribution in [0.1, 0.15) is 23.7 Å². The minimum atomic E-state index is 0.638. The number of nitrogens with one attached hydrogen (secondary N) is 1. The lowest BCUT2D eigenvalue weighted by atomic mass is 10.1. The van der Waals surface area contributed by atoms with Crippen LogP contribution in [0.15, 0.2) is 22.7 Å². The fraction of sp³-hybridized carbons (Fsp3) is 0.286. The Morgan fingerprint density at radius 3 is 2.39 bits per heavy atom. The summed E-state index contributed by atoms with van der Waals surface area (Å²) in [5.41, 5.74) is 4.60. The second kappa shape index (κ2) is 5.33. The molecule has 1 heterocycles. The number of aryl methyl sites for hydroxylation is 3. The van der Waals surface area contributed by atoms with Crippen molar-refractivity contribution >= 4 is 28.1 Å². The lowest BCUT2D eigenvalue weighted by Gasteiger charge is -2.09. The summed E-state index contributed by atoms with van der Waals surface area (Å²) >= 11 is 8.78. The fourth-order valence-corrected chi connectivity index (χ4v) is 2.38. The van der Waals surface area contributed by atoms with Crippen LogP contribution in [0.4, 0.5) is 0 Å². The Labute approximate surface area is 121 Å². The fourth-order valence-electron chi connectivity index (χ4n) is 1.92. The van der Waals surface area contributed by atoms with E-state index in [9.17, 15) is 0 Å². The van der Waals surface area contributed by atoms with Gasteiger partial charge in [-0.25, -0.2) is 4.98 Å². The van der Waals surface area contributed by atoms with Gasteiger partial charge in [0.05, 0.1) is 0 Å². The van der Waals surface area contributed by atoms with Crippen molar-refractivity contribution in [2.24, 2.45) is 0 Å². The summed E-state index contributed by atoms with van der Waals surface area (Å²) in [5.74, 6) is 0.845. The Hall–Kier alpha value is -1.00. The van der Waals surface area contributed by atoms with Gasteiger partial charge in [-0.15, -0.1) is 0 Å². The van der Waals surface area contributed by atoms with E-state index in [0.717, 1.165) is 28.0 Å². The van der Waals surface area contributed by atoms with Crippen LogP contribution in [0.2, 0.25) is 0 Å². The molecule has 0 fully saturated rings. The van der Waals surface area contributed by atoms with Gasteiger partial charge in [0.15, 0.2) is 0 Å². The summed E-state index contributed by atoms with van der Waals surface area (Å²) in [7, 11) is 0. The van der Waals surface area contributed by atoms with Crippen molar-refractivity contribution in [3.63, 3.8) is 0 Å². The van der Waals surface area contributed by atoms with Gasteiger partial charge in [-0.2, -0.15) is 0 Å². The number of aromatic nitrogens is 2. The zero-order chi connectivity index (χ0) is 13.3. The third kappa shape index (κ3) is 2.70. The smallest absolute Gasteiger partial charge is 0.139 e. The molecule has 2 aromatic rings. The van der Waals surface area contributed by atoms with Crippen molar-refractivity contribution < 1.29 is 0 Å². The monoisotopic (exact) mass is 322 g/mol. The van der Waals surface area contributed by atoms with E-state index in [-0.39, 0.29) is 0 Å². The molecule has 0 bridgehead atoms. The molecule has 0 atom stereocenters. The minimum Gasteiger partial charge on any atom is -0.343 e. The minimum absolute atomic E-state index is 0.638. The van der Waals surface area contributed by atoms with Gasteiger partial charge in [0, 0.05) is 15.7 Å². The normalized spacial score (nSPS) is 10.7. The number of nitrogens with zero attached hydrogens (tertiary/aromatic N) is 1. The molecule has 0 spiro atoms. The van der Waals surface area contributed by atoms with E-state index < -0.39 is 0 Å². The van der Waals surface area contributed by atoms with Crippen LogP contribution in [0.5, 0.6) is 0 Å². The SMILES string of the molecule is CCc1cc(=S)nc(-c2cc(C)c(Br)c(C)c2)[nH]1. The Kier molecular flexibility index (Phi) is 3.97. The largest absolute Gasteiger partial charge is 0.343 e. The third-order valence-electron chi connectivity index (χ3n) is 2.89. The zero-order valence-corrected chi connectivity index (χ0v) is 13.1. The third-order valence-corrected chi connectivity index (χ3v) is 4.35. The standard InChI is InChI=1S/C14H15BrN2S/c1-4-11-7-12(18)17-14(16-11)10-5-8(2)13(15)9(3)6-10/h5-7H,4H2,1-3H3,(H,16,17,18). The topological polar surface area (TPSA) is 28.7 Å². The van der Waals surface area contributed by atoms with Gasteiger partial charge in [-0.05, 0) is 49.6 Å². The molecule has 1 N–H and O–H groups in total. The van der Waals surface area contributed by atoms with Crippen molar-refractivity contribution in [1.29, 1.82) is 0 Å². The Morgan fingerprint density at radius 2 is 1.83 bits per heavy atom. The van der Waals surface area contributed by atoms with Gasteiger partial charge in [0.2, 0.25) is 0 Å². The van der Waals surface area contributed by atoms with Crippen molar-refractivity contribution in [3.8, 4) is 11.4 Å². The molecule has 18 heavy (non-hydrogen) atoms. The molecule has 0 aliphatic carbocycles. The van der Waals surface area contributed by atoms with E-state index in [0.29, 0.717) is 4.64 Å². The predicted molar refractivity (Wildman–Crippen MR) is 81.4 cm³/mol. The van der Waals surface area contributed by atoms with E-state index in [4.69, 9.17) is 12.2 Å². The summed E-state index contributed by atoms with van der Waals surface area (Å²) < 4.78 is 1.79. The maximum Gasteiger partial charge on any atom is 0.139 e. The van der Waals surface area contributed by atoms with E-state index in [2.05, 4.69) is 58.8 Å². The molecule has 2 rings (SSSR count). The van der Waals surface area contributed by atoms with E-state index >= 15 is 0 Å². The van der Waals surface area contributed by atoms with Crippen LogP contribution in [0.3, 0.4) is 0 Å². The lowest BCUT2D eigenvalue weighted by molar-refractivity contribution is 0.998. The first-order chi connectivity index (χ1) is 8.51. The summed E-state index contributed by atoms with van der Waals surface area (Å²) in [4.78, 5) is 7.74. The molecule has 0 amide bonds. The van der Waals surface area contributed by atoms with Crippen molar-refractivity contribution in [2.45, 2.75) is 27.2 Å². The first-order valence-electron chi connectivity index (χ1n) is 5.88. The summed E-state index contributed by atoms with van der Waals surface area (Å²) in [6, 6.07) is 6.14. The van der Waals surface area contributed by atoms with Gasteiger partial charge in [0.25, 0.3) is 0 Å². The lowest BCUT2D eigenvalue weighted by Crippen LogP contribution is -1.96. The molecular weight excluding hydrogens is 308 g/mol. The van der Waals surface area contributed by atoms with Crippen LogP contribution in [0.25, 0.3) is 11.4 Å². The second-order valence-corrected chi connectivity index (χ2v) is 5.58. The number of aromatic amines is 1. The second-order valence-electron chi connectivity index (χ2n) is 4.37. The number of rotatable bonds is 2. The van der Waals surface area contributed by atoms with E-state index in [1.165, 1.54) is 11.1 Å². The molecule has 4 heteroatoms. The van der Waals surface area contributed by atoms with Crippen molar-refractivity contribution in [3.05, 3.63) is 44.1 Å². The highest BCUT2D eigenvalue weighted by atomic mass is 79.9. The first-order valence-corrected chi connectivity index (χ1v) is 7.08. The Bertz CT molecular complexity index is 623. The number of hydrogen-bond acceptors (Lipinski definition) is 2. The van der Waals surface area contributed by atoms with Gasteiger partial charge < -0.3 is 4.98 Å². The predicted octanol–water partition coefficient (Wildman–Crippen LogP) is 4.75. The molecule has 0 radical (unpaired) electrons. The Morgan fingerprint density at radius 1 is 1.22 bits per heavy atom. The highest BCUT2D eigenvalue weighted by Gasteiger charge is 2.06. The maximum atomic E-state index is 5.20. The first kappa shape index (κ1) is 13.4. The molecule has 0 saturated carbocycles. The number of benzene rings is 1. The average molecular weight is 323 g/mol. The number of H-pyrrole nitrogens is 1. The van der Waals surface area contributed by atoms with Crippen LogP contribution in [-0.2, 0) is 6.42 Å². The number of halogens is 1. The average Bonchev–Trinajstić information content (AvgIpc) is 2.34. The van der Waals surface area contributed by atoms with Crippen LogP contribution in [-0.4, -0.2) is 9.97 Å². The molecule has 1 aromatic carbocycles. The summed E-state index contributed by atoms with van der Waals surface area (Å²) in [6.45, 7) is 6.26. The van der Waals surface area contributed by atoms with Gasteiger partial charge in [-0.1, -0.05) is 35.1 Å². The highest BCUT2D eigenvalue weighted by molar-refractivity contribution is 9.10. The quantitative estimate of drug-likeness (QED) is 0.808. The molecular formula is C14H15BrN2S. The van der Waals surface area contributed by atoms with Crippen molar-refractivity contribution in [2.75, 3.05) is 0 Å². The molecule has 0 saturated heterocycles. The Balaban J connectivity index is 2.62. The van der Waals surface area contributed by atoms with Crippen LogP contribution < -0.4 is 0 Å². The van der Waals surface area contributed by atoms with Crippen LogP contribution in [0, 0.1) is 18.5 Å². The van der Waals surface area contributed by atoms with Gasteiger partial charge in [-0.3, -0.25) is 0 Å². The summed E-state index contributed by atoms with van der Waals surface area (Å²) in [6.07, 6.45) is 0.924. The van der Waals surface area contributed by atoms with Crippen molar-refractivity contribution in [1.82, 2.24) is 9.97 Å². The molecule has 0 aliphatic heterocycles. The number of hydrogen-bond donors (Lipinski definition) is 1. The molecule has 94 valence electrons. The molecule has 0 unspecified atom stereocenters. The van der Waals surface area contributed by atoms with E-state index in [1.54, 1.807) is 0 Å². The van der Waals surface area contributed by atoms with Gasteiger partial charge in [0.1, 0.15) is 10.5 Å². The zero-order valence-electron chi connectivity index (χ0n) is 10.7. The van der Waals surface area contributed by atoms with Crippen LogP contribution >= 0.6 is 28.1 Å². The van der Waals surface area contributed by atoms with Gasteiger partial charge >= 0.3 is 0 Å². The molecule has 2 nitrogen and oxygen atoms in total. The molecule has 0 aliphatic rings. The highest BCUT2D eigenvalue weighted by Crippen LogP contribution is 2.26. The summed E-state index contributed by atoms with van der Waals surface area (Å²) in [5, 5.41) is 0. The molecule has 1 aromatic heterocycles. The van der Waals surface area contributed by atoms with E-state index in [1.807, 2.05) is 6.07 Å². The maximum absolute atomic E-state index is 5.20.